The van der Waals surface area contributed by atoms with Crippen LogP contribution in [-0.4, -0.2) is 35.0 Å². The number of carbonyl (C=O) groups excluding carboxylic acids is 1. The van der Waals surface area contributed by atoms with Gasteiger partial charge in [0, 0.05) is 6.42 Å². The summed E-state index contributed by atoms with van der Waals surface area (Å²) in [5.41, 5.74) is -2.20. The van der Waals surface area contributed by atoms with Crippen molar-refractivity contribution < 1.29 is 27.4 Å². The molecule has 0 spiro atoms. The van der Waals surface area contributed by atoms with Crippen molar-refractivity contribution in [2.45, 2.75) is 57.5 Å². The molecule has 1 amide bonds. The Hall–Kier alpha value is -1.55. The van der Waals surface area contributed by atoms with E-state index in [2.05, 4.69) is 31.2 Å². The van der Waals surface area contributed by atoms with Gasteiger partial charge in [-0.25, -0.2) is 20.1 Å². The van der Waals surface area contributed by atoms with E-state index < -0.39 is 42.0 Å². The van der Waals surface area contributed by atoms with Gasteiger partial charge in [0.25, 0.3) is 6.02 Å². The number of aliphatic imine (C=N–C) groups is 1. The van der Waals surface area contributed by atoms with E-state index in [9.17, 15) is 18.0 Å². The SMILES string of the molecule is CC(C)(C)OC(=O)NC1=N[C@](C)(c2nc(Br)ccc2Cl)C[C@@H](C(F)(F)F)O1. The first kappa shape index (κ1) is 21.7. The van der Waals surface area contributed by atoms with Crippen LogP contribution in [0.4, 0.5) is 18.0 Å². The smallest absolute Gasteiger partial charge is 0.425 e. The average molecular weight is 473 g/mol. The number of aromatic nitrogens is 1. The van der Waals surface area contributed by atoms with E-state index in [4.69, 9.17) is 21.1 Å². The molecule has 2 atom stereocenters. The average Bonchev–Trinajstić information content (AvgIpc) is 2.46. The fourth-order valence-corrected chi connectivity index (χ4v) is 3.03. The first-order valence-corrected chi connectivity index (χ1v) is 9.02. The van der Waals surface area contributed by atoms with Gasteiger partial charge in [0.15, 0.2) is 6.10 Å². The van der Waals surface area contributed by atoms with Gasteiger partial charge in [0.2, 0.25) is 0 Å². The molecule has 0 fully saturated rings. The van der Waals surface area contributed by atoms with Crippen LogP contribution in [0.5, 0.6) is 0 Å². The molecule has 2 rings (SSSR count). The predicted molar refractivity (Wildman–Crippen MR) is 96.6 cm³/mol. The van der Waals surface area contributed by atoms with Crippen LogP contribution >= 0.6 is 27.5 Å². The van der Waals surface area contributed by atoms with Crippen molar-refractivity contribution in [3.8, 4) is 0 Å². The minimum atomic E-state index is -4.68. The predicted octanol–water partition coefficient (Wildman–Crippen LogP) is 4.94. The highest BCUT2D eigenvalue weighted by Gasteiger charge is 2.51. The summed E-state index contributed by atoms with van der Waals surface area (Å²) in [4.78, 5) is 20.2. The Labute approximate surface area is 167 Å². The normalized spacial score (nSPS) is 23.3. The van der Waals surface area contributed by atoms with Crippen molar-refractivity contribution in [2.75, 3.05) is 0 Å². The quantitative estimate of drug-likeness (QED) is 0.587. The standard InChI is InChI=1S/C16H18BrClF3N3O3/c1-14(2,3)27-13(25)23-12-24-15(4,7-9(26-12)16(19,20)21)11-8(18)5-6-10(17)22-11/h5-6,9H,7H2,1-4H3,(H,23,24,25)/t9-,15-/m0/s1. The summed E-state index contributed by atoms with van der Waals surface area (Å²) in [6, 6.07) is 2.44. The molecule has 0 saturated heterocycles. The molecule has 6 nitrogen and oxygen atoms in total. The number of nitrogens with zero attached hydrogens (tertiary/aromatic N) is 2. The molecular formula is C16H18BrClF3N3O3. The number of nitrogens with one attached hydrogen (secondary N) is 1. The molecule has 0 aromatic carbocycles. The Kier molecular flexibility index (Phi) is 6.01. The molecule has 150 valence electrons. The lowest BCUT2D eigenvalue weighted by Gasteiger charge is -2.36. The van der Waals surface area contributed by atoms with Crippen LogP contribution in [0.15, 0.2) is 21.7 Å². The van der Waals surface area contributed by atoms with Gasteiger partial charge in [-0.15, -0.1) is 0 Å². The molecule has 0 bridgehead atoms. The number of amides is 1. The topological polar surface area (TPSA) is 72.8 Å². The first-order chi connectivity index (χ1) is 12.2. The molecule has 0 radical (unpaired) electrons. The van der Waals surface area contributed by atoms with Gasteiger partial charge >= 0.3 is 12.3 Å². The van der Waals surface area contributed by atoms with Gasteiger partial charge < -0.3 is 9.47 Å². The van der Waals surface area contributed by atoms with Gasteiger partial charge in [0.05, 0.1) is 10.7 Å². The lowest BCUT2D eigenvalue weighted by molar-refractivity contribution is -0.208. The highest BCUT2D eigenvalue weighted by molar-refractivity contribution is 9.10. The van der Waals surface area contributed by atoms with Crippen molar-refractivity contribution in [3.63, 3.8) is 0 Å². The van der Waals surface area contributed by atoms with E-state index in [1.807, 2.05) is 0 Å². The summed E-state index contributed by atoms with van der Waals surface area (Å²) < 4.78 is 50.4. The number of pyridine rings is 1. The zero-order chi connectivity index (χ0) is 20.6. The number of alkyl halides is 3. The summed E-state index contributed by atoms with van der Waals surface area (Å²) in [7, 11) is 0. The maximum Gasteiger partial charge on any atom is 0.425 e. The Morgan fingerprint density at radius 2 is 2.04 bits per heavy atom. The van der Waals surface area contributed by atoms with E-state index in [-0.39, 0.29) is 10.7 Å². The molecule has 27 heavy (non-hydrogen) atoms. The van der Waals surface area contributed by atoms with Crippen molar-refractivity contribution in [2.24, 2.45) is 4.99 Å². The molecule has 1 aromatic heterocycles. The second kappa shape index (κ2) is 7.46. The summed E-state index contributed by atoms with van der Waals surface area (Å²) >= 11 is 9.30. The van der Waals surface area contributed by atoms with E-state index in [0.717, 1.165) is 0 Å². The molecule has 0 saturated carbocycles. The maximum absolute atomic E-state index is 13.4. The minimum Gasteiger partial charge on any atom is -0.452 e. The fourth-order valence-electron chi connectivity index (χ4n) is 2.41. The lowest BCUT2D eigenvalue weighted by atomic mass is 9.89. The molecule has 1 aliphatic heterocycles. The number of ether oxygens (including phenoxy) is 2. The Bertz CT molecular complexity index is 768. The number of amidine groups is 1. The highest BCUT2D eigenvalue weighted by Crippen LogP contribution is 2.41. The van der Waals surface area contributed by atoms with Crippen LogP contribution in [0, 0.1) is 0 Å². The third-order valence-corrected chi connectivity index (χ3v) is 4.23. The van der Waals surface area contributed by atoms with E-state index >= 15 is 0 Å². The monoisotopic (exact) mass is 471 g/mol. The molecule has 0 unspecified atom stereocenters. The van der Waals surface area contributed by atoms with Crippen LogP contribution < -0.4 is 5.32 Å². The van der Waals surface area contributed by atoms with Crippen LogP contribution in [-0.2, 0) is 15.0 Å². The number of rotatable bonds is 1. The molecule has 1 aromatic rings. The third-order valence-electron chi connectivity index (χ3n) is 3.48. The number of carbonyl (C=O) groups is 1. The highest BCUT2D eigenvalue weighted by atomic mass is 79.9. The fraction of sp³-hybridized carbons (Fsp3) is 0.562. The molecular weight excluding hydrogens is 455 g/mol. The van der Waals surface area contributed by atoms with E-state index in [0.29, 0.717) is 4.60 Å². The maximum atomic E-state index is 13.4. The van der Waals surface area contributed by atoms with E-state index in [1.165, 1.54) is 13.0 Å². The molecule has 11 heteroatoms. The Balaban J connectivity index is 2.42. The van der Waals surface area contributed by atoms with Crippen molar-refractivity contribution >= 4 is 39.6 Å². The second-order valence-corrected chi connectivity index (χ2v) is 8.35. The summed E-state index contributed by atoms with van der Waals surface area (Å²) in [5.74, 6) is 0. The van der Waals surface area contributed by atoms with Gasteiger partial charge in [-0.3, -0.25) is 0 Å². The zero-order valence-electron chi connectivity index (χ0n) is 14.9. The zero-order valence-corrected chi connectivity index (χ0v) is 17.3. The van der Waals surface area contributed by atoms with Crippen LogP contribution in [0.2, 0.25) is 5.02 Å². The van der Waals surface area contributed by atoms with Gasteiger partial charge in [-0.1, -0.05) is 11.6 Å². The summed E-state index contributed by atoms with van der Waals surface area (Å²) in [6.45, 7) is 6.28. The summed E-state index contributed by atoms with van der Waals surface area (Å²) in [6.07, 6.45) is -8.43. The van der Waals surface area contributed by atoms with Crippen LogP contribution in [0.1, 0.15) is 39.8 Å². The molecule has 1 N–H and O–H groups in total. The Morgan fingerprint density at radius 3 is 2.59 bits per heavy atom. The number of hydrogen-bond acceptors (Lipinski definition) is 5. The van der Waals surface area contributed by atoms with Crippen LogP contribution in [0.3, 0.4) is 0 Å². The molecule has 0 aliphatic carbocycles. The molecule has 1 aliphatic rings. The number of alkyl carbamates (subject to hydrolysis) is 1. The second-order valence-electron chi connectivity index (χ2n) is 7.13. The third kappa shape index (κ3) is 5.71. The van der Waals surface area contributed by atoms with Crippen LogP contribution in [0.25, 0.3) is 0 Å². The van der Waals surface area contributed by atoms with Crippen molar-refractivity contribution in [1.29, 1.82) is 0 Å². The van der Waals surface area contributed by atoms with E-state index in [1.54, 1.807) is 26.8 Å². The largest absolute Gasteiger partial charge is 0.452 e. The first-order valence-electron chi connectivity index (χ1n) is 7.85. The van der Waals surface area contributed by atoms with Gasteiger partial charge in [0.1, 0.15) is 15.7 Å². The number of halogens is 5. The van der Waals surface area contributed by atoms with Crippen molar-refractivity contribution in [3.05, 3.63) is 27.5 Å². The summed E-state index contributed by atoms with van der Waals surface area (Å²) in [5, 5.41) is 2.26. The number of hydrogen-bond donors (Lipinski definition) is 1. The van der Waals surface area contributed by atoms with Gasteiger partial charge in [-0.05, 0) is 55.8 Å². The Morgan fingerprint density at radius 1 is 1.41 bits per heavy atom. The lowest BCUT2D eigenvalue weighted by Crippen LogP contribution is -2.49. The van der Waals surface area contributed by atoms with Crippen molar-refractivity contribution in [1.82, 2.24) is 10.3 Å². The van der Waals surface area contributed by atoms with Gasteiger partial charge in [-0.2, -0.15) is 13.2 Å². The minimum absolute atomic E-state index is 0.125. The molecule has 2 heterocycles.